The topological polar surface area (TPSA) is 0 Å². The molecule has 0 aliphatic heterocycles. The smallest absolute Gasteiger partial charge is 0.0619 e. The molecular weight excluding hydrogens is 192 g/mol. The molecule has 0 saturated heterocycles. The summed E-state index contributed by atoms with van der Waals surface area (Å²) < 4.78 is 0. The first-order valence-corrected chi connectivity index (χ1v) is 5.22. The van der Waals surface area contributed by atoms with Crippen LogP contribution in [0.2, 0.25) is 0 Å². The SMILES string of the molecule is C/C=C/C(Cl)C1C=Cc2ccc[c]c21. The Morgan fingerprint density at radius 2 is 2.43 bits per heavy atom. The Balaban J connectivity index is 2.30. The van der Waals surface area contributed by atoms with Gasteiger partial charge in [-0.05, 0) is 24.1 Å². The minimum Gasteiger partial charge on any atom is -0.117 e. The van der Waals surface area contributed by atoms with E-state index in [1.165, 1.54) is 11.1 Å². The molecule has 0 bridgehead atoms. The molecule has 14 heavy (non-hydrogen) atoms. The molecule has 2 rings (SSSR count). The van der Waals surface area contributed by atoms with Gasteiger partial charge in [-0.25, -0.2) is 0 Å². The molecule has 2 unspecified atom stereocenters. The largest absolute Gasteiger partial charge is 0.117 e. The van der Waals surface area contributed by atoms with E-state index in [4.69, 9.17) is 11.6 Å². The van der Waals surface area contributed by atoms with Crippen LogP contribution in [0.5, 0.6) is 0 Å². The number of hydrogen-bond donors (Lipinski definition) is 0. The van der Waals surface area contributed by atoms with Crippen LogP contribution in [0.1, 0.15) is 24.0 Å². The van der Waals surface area contributed by atoms with Gasteiger partial charge >= 0.3 is 0 Å². The second-order valence-corrected chi connectivity index (χ2v) is 3.90. The Labute approximate surface area is 89.9 Å². The second kappa shape index (κ2) is 4.02. The molecule has 1 aromatic rings. The molecule has 0 nitrogen and oxygen atoms in total. The van der Waals surface area contributed by atoms with Crippen LogP contribution in [0.15, 0.2) is 36.4 Å². The number of halogens is 1. The van der Waals surface area contributed by atoms with Crippen LogP contribution in [0, 0.1) is 6.07 Å². The van der Waals surface area contributed by atoms with Crippen LogP contribution in [0.4, 0.5) is 0 Å². The van der Waals surface area contributed by atoms with Crippen LogP contribution in [0.25, 0.3) is 6.08 Å². The predicted octanol–water partition coefficient (Wildman–Crippen LogP) is 3.78. The molecular formula is C13H12Cl. The summed E-state index contributed by atoms with van der Waals surface area (Å²) in [6.45, 7) is 1.99. The predicted molar refractivity (Wildman–Crippen MR) is 61.5 cm³/mol. The standard InChI is InChI=1S/C13H12Cl/c1-2-5-13(14)12-9-8-10-6-3-4-7-11(10)12/h2-6,8-9,12-13H,1H3/b5-2+. The third-order valence-corrected chi connectivity index (χ3v) is 2.87. The quantitative estimate of drug-likeness (QED) is 0.507. The van der Waals surface area contributed by atoms with Gasteiger partial charge in [-0.3, -0.25) is 0 Å². The Kier molecular flexibility index (Phi) is 2.74. The fourth-order valence-corrected chi connectivity index (χ4v) is 2.12. The van der Waals surface area contributed by atoms with Gasteiger partial charge < -0.3 is 0 Å². The number of rotatable bonds is 2. The number of allylic oxidation sites excluding steroid dienone is 3. The zero-order chi connectivity index (χ0) is 9.97. The fraction of sp³-hybridized carbons (Fsp3) is 0.231. The maximum atomic E-state index is 6.26. The minimum atomic E-state index is 0.0381. The summed E-state index contributed by atoms with van der Waals surface area (Å²) >= 11 is 6.26. The number of fused-ring (bicyclic) bond motifs is 1. The molecule has 1 aromatic carbocycles. The molecule has 0 N–H and O–H groups in total. The van der Waals surface area contributed by atoms with E-state index in [1.54, 1.807) is 0 Å². The summed E-state index contributed by atoms with van der Waals surface area (Å²) in [5.74, 6) is 0.282. The molecule has 0 heterocycles. The number of hydrogen-bond acceptors (Lipinski definition) is 0. The highest BCUT2D eigenvalue weighted by atomic mass is 35.5. The van der Waals surface area contributed by atoms with Gasteiger partial charge in [0.1, 0.15) is 0 Å². The van der Waals surface area contributed by atoms with E-state index in [0.29, 0.717) is 0 Å². The molecule has 1 radical (unpaired) electrons. The first-order chi connectivity index (χ1) is 6.83. The fourth-order valence-electron chi connectivity index (χ4n) is 1.77. The van der Waals surface area contributed by atoms with Crippen molar-refractivity contribution >= 4 is 17.7 Å². The monoisotopic (exact) mass is 203 g/mol. The highest BCUT2D eigenvalue weighted by Gasteiger charge is 2.22. The highest BCUT2D eigenvalue weighted by molar-refractivity contribution is 6.22. The molecule has 2 atom stereocenters. The highest BCUT2D eigenvalue weighted by Crippen LogP contribution is 2.34. The van der Waals surface area contributed by atoms with Gasteiger partial charge in [0.2, 0.25) is 0 Å². The third-order valence-electron chi connectivity index (χ3n) is 2.46. The van der Waals surface area contributed by atoms with Crippen LogP contribution < -0.4 is 0 Å². The van der Waals surface area contributed by atoms with Crippen molar-refractivity contribution in [3.63, 3.8) is 0 Å². The third kappa shape index (κ3) is 1.62. The summed E-state index contributed by atoms with van der Waals surface area (Å²) in [6.07, 6.45) is 8.28. The molecule has 0 saturated carbocycles. The lowest BCUT2D eigenvalue weighted by molar-refractivity contribution is 0.885. The van der Waals surface area contributed by atoms with Crippen molar-refractivity contribution in [3.05, 3.63) is 53.6 Å². The summed E-state index contributed by atoms with van der Waals surface area (Å²) in [7, 11) is 0. The van der Waals surface area contributed by atoms with Gasteiger partial charge in [0.15, 0.2) is 0 Å². The van der Waals surface area contributed by atoms with Gasteiger partial charge in [-0.1, -0.05) is 42.5 Å². The maximum Gasteiger partial charge on any atom is 0.0619 e. The number of benzene rings is 1. The first kappa shape index (κ1) is 9.54. The van der Waals surface area contributed by atoms with Gasteiger partial charge in [0.05, 0.1) is 5.38 Å². The molecule has 1 heteroatoms. The van der Waals surface area contributed by atoms with E-state index in [1.807, 2.05) is 31.2 Å². The summed E-state index contributed by atoms with van der Waals surface area (Å²) in [5.41, 5.74) is 2.46. The van der Waals surface area contributed by atoms with E-state index in [-0.39, 0.29) is 11.3 Å². The van der Waals surface area contributed by atoms with Crippen LogP contribution in [0.3, 0.4) is 0 Å². The normalized spacial score (nSPS) is 21.4. The van der Waals surface area contributed by atoms with Crippen molar-refractivity contribution in [2.24, 2.45) is 0 Å². The van der Waals surface area contributed by atoms with Gasteiger partial charge in [0.25, 0.3) is 0 Å². The Morgan fingerprint density at radius 3 is 3.21 bits per heavy atom. The lowest BCUT2D eigenvalue weighted by Gasteiger charge is -2.13. The van der Waals surface area contributed by atoms with Crippen LogP contribution >= 0.6 is 11.6 Å². The average Bonchev–Trinajstić information content (AvgIpc) is 2.61. The van der Waals surface area contributed by atoms with E-state index in [2.05, 4.69) is 24.3 Å². The molecule has 0 aromatic heterocycles. The summed E-state index contributed by atoms with van der Waals surface area (Å²) in [6, 6.07) is 9.30. The Hall–Kier alpha value is -1.01. The molecule has 0 fully saturated rings. The molecule has 0 amide bonds. The van der Waals surface area contributed by atoms with E-state index < -0.39 is 0 Å². The average molecular weight is 204 g/mol. The summed E-state index contributed by atoms with van der Waals surface area (Å²) in [5, 5.41) is 0.0381. The summed E-state index contributed by atoms with van der Waals surface area (Å²) in [4.78, 5) is 0. The number of alkyl halides is 1. The van der Waals surface area contributed by atoms with Crippen LogP contribution in [-0.2, 0) is 0 Å². The maximum absolute atomic E-state index is 6.26. The van der Waals surface area contributed by atoms with Crippen molar-refractivity contribution in [1.29, 1.82) is 0 Å². The van der Waals surface area contributed by atoms with E-state index in [0.717, 1.165) is 0 Å². The van der Waals surface area contributed by atoms with E-state index >= 15 is 0 Å². The van der Waals surface area contributed by atoms with Gasteiger partial charge in [-0.2, -0.15) is 0 Å². The van der Waals surface area contributed by atoms with Crippen molar-refractivity contribution in [3.8, 4) is 0 Å². The lowest BCUT2D eigenvalue weighted by Crippen LogP contribution is -2.06. The van der Waals surface area contributed by atoms with Gasteiger partial charge in [0, 0.05) is 5.92 Å². The van der Waals surface area contributed by atoms with E-state index in [9.17, 15) is 0 Å². The zero-order valence-electron chi connectivity index (χ0n) is 8.07. The molecule has 0 spiro atoms. The second-order valence-electron chi connectivity index (χ2n) is 3.39. The minimum absolute atomic E-state index is 0.0381. The van der Waals surface area contributed by atoms with Crippen molar-refractivity contribution < 1.29 is 0 Å². The van der Waals surface area contributed by atoms with Crippen molar-refractivity contribution in [2.45, 2.75) is 18.2 Å². The Morgan fingerprint density at radius 1 is 1.57 bits per heavy atom. The molecule has 1 aliphatic rings. The first-order valence-electron chi connectivity index (χ1n) is 4.78. The lowest BCUT2D eigenvalue weighted by atomic mass is 9.97. The molecule has 1 aliphatic carbocycles. The zero-order valence-corrected chi connectivity index (χ0v) is 8.83. The van der Waals surface area contributed by atoms with Gasteiger partial charge in [-0.15, -0.1) is 11.6 Å². The van der Waals surface area contributed by atoms with Crippen molar-refractivity contribution in [1.82, 2.24) is 0 Å². The molecule has 71 valence electrons. The van der Waals surface area contributed by atoms with Crippen molar-refractivity contribution in [2.75, 3.05) is 0 Å². The Bertz CT molecular complexity index is 377. The van der Waals surface area contributed by atoms with Crippen LogP contribution in [-0.4, -0.2) is 5.38 Å².